The van der Waals surface area contributed by atoms with E-state index in [0.717, 1.165) is 4.90 Å². The van der Waals surface area contributed by atoms with Crippen molar-refractivity contribution in [3.8, 4) is 0 Å². The van der Waals surface area contributed by atoms with E-state index in [1.807, 2.05) is 0 Å². The van der Waals surface area contributed by atoms with E-state index < -0.39 is 23.8 Å². The predicted molar refractivity (Wildman–Crippen MR) is 49.3 cm³/mol. The number of amides is 4. The number of carbonyl (C=O) groups is 3. The standard InChI is InChI=1S/C9H14N2O3/c1-4-6-7(12)10-9(14)11(5(2)3)8(6)13/h5-6H,4H2,1-3H3,(H,10,12,14). The first-order valence-corrected chi connectivity index (χ1v) is 4.67. The Morgan fingerprint density at radius 3 is 2.36 bits per heavy atom. The molecule has 0 spiro atoms. The van der Waals surface area contributed by atoms with Gasteiger partial charge in [-0.2, -0.15) is 0 Å². The molecule has 1 heterocycles. The lowest BCUT2D eigenvalue weighted by Gasteiger charge is -2.32. The third-order valence-electron chi connectivity index (χ3n) is 2.23. The van der Waals surface area contributed by atoms with Crippen molar-refractivity contribution in [3.63, 3.8) is 0 Å². The molecule has 1 saturated heterocycles. The molecule has 1 atom stereocenters. The zero-order chi connectivity index (χ0) is 10.9. The highest BCUT2D eigenvalue weighted by Gasteiger charge is 2.40. The van der Waals surface area contributed by atoms with Crippen LogP contribution in [-0.4, -0.2) is 28.8 Å². The Bertz CT molecular complexity index is 286. The van der Waals surface area contributed by atoms with Crippen LogP contribution in [0, 0.1) is 5.92 Å². The van der Waals surface area contributed by atoms with E-state index >= 15 is 0 Å². The van der Waals surface area contributed by atoms with E-state index in [0.29, 0.717) is 6.42 Å². The molecule has 0 saturated carbocycles. The molecule has 1 aliphatic heterocycles. The molecule has 4 amide bonds. The summed E-state index contributed by atoms with van der Waals surface area (Å²) in [6.45, 7) is 5.22. The highest BCUT2D eigenvalue weighted by molar-refractivity contribution is 6.16. The summed E-state index contributed by atoms with van der Waals surface area (Å²) in [6.07, 6.45) is 0.418. The molecule has 1 fully saturated rings. The fraction of sp³-hybridized carbons (Fsp3) is 0.667. The topological polar surface area (TPSA) is 66.5 Å². The molecule has 0 radical (unpaired) electrons. The van der Waals surface area contributed by atoms with E-state index in [1.54, 1.807) is 20.8 Å². The largest absolute Gasteiger partial charge is 0.331 e. The van der Waals surface area contributed by atoms with E-state index in [1.165, 1.54) is 0 Å². The van der Waals surface area contributed by atoms with Crippen LogP contribution in [0.2, 0.25) is 0 Å². The number of carbonyl (C=O) groups excluding carboxylic acids is 3. The molecule has 78 valence electrons. The molecule has 0 aliphatic carbocycles. The minimum atomic E-state index is -0.713. The summed E-state index contributed by atoms with van der Waals surface area (Å²) in [6, 6.07) is -0.829. The van der Waals surface area contributed by atoms with Crippen LogP contribution in [0.5, 0.6) is 0 Å². The summed E-state index contributed by atoms with van der Waals surface area (Å²) in [4.78, 5) is 35.3. The van der Waals surface area contributed by atoms with Gasteiger partial charge in [0.2, 0.25) is 11.8 Å². The molecule has 1 aliphatic rings. The average molecular weight is 198 g/mol. The summed E-state index contributed by atoms with van der Waals surface area (Å²) in [5, 5.41) is 2.17. The maximum atomic E-state index is 11.7. The van der Waals surface area contributed by atoms with Gasteiger partial charge < -0.3 is 0 Å². The Balaban J connectivity index is 2.94. The minimum Gasteiger partial charge on any atom is -0.277 e. The maximum Gasteiger partial charge on any atom is 0.331 e. The monoisotopic (exact) mass is 198 g/mol. The smallest absolute Gasteiger partial charge is 0.277 e. The second-order valence-corrected chi connectivity index (χ2v) is 3.56. The molecule has 0 aromatic carbocycles. The summed E-state index contributed by atoms with van der Waals surface area (Å²) in [7, 11) is 0. The molecule has 5 heteroatoms. The molecule has 0 aromatic heterocycles. The first-order chi connectivity index (χ1) is 6.49. The SMILES string of the molecule is CCC1C(=O)NC(=O)N(C(C)C)C1=O. The number of rotatable bonds is 2. The molecule has 1 rings (SSSR count). The Labute approximate surface area is 82.4 Å². The van der Waals surface area contributed by atoms with Crippen LogP contribution in [0.25, 0.3) is 0 Å². The van der Waals surface area contributed by atoms with Gasteiger partial charge >= 0.3 is 6.03 Å². The Morgan fingerprint density at radius 1 is 1.36 bits per heavy atom. The number of urea groups is 1. The van der Waals surface area contributed by atoms with Crippen molar-refractivity contribution in [1.29, 1.82) is 0 Å². The third-order valence-corrected chi connectivity index (χ3v) is 2.23. The number of imide groups is 2. The second kappa shape index (κ2) is 3.77. The lowest BCUT2D eigenvalue weighted by molar-refractivity contribution is -0.143. The van der Waals surface area contributed by atoms with Gasteiger partial charge in [0.15, 0.2) is 0 Å². The van der Waals surface area contributed by atoms with Crippen molar-refractivity contribution < 1.29 is 14.4 Å². The molecular formula is C9H14N2O3. The maximum absolute atomic E-state index is 11.7. The second-order valence-electron chi connectivity index (χ2n) is 3.56. The van der Waals surface area contributed by atoms with Gasteiger partial charge in [-0.15, -0.1) is 0 Å². The molecule has 0 aromatic rings. The first-order valence-electron chi connectivity index (χ1n) is 4.67. The lowest BCUT2D eigenvalue weighted by atomic mass is 10.0. The van der Waals surface area contributed by atoms with Gasteiger partial charge in [0, 0.05) is 6.04 Å². The van der Waals surface area contributed by atoms with E-state index in [4.69, 9.17) is 0 Å². The number of hydrogen-bond acceptors (Lipinski definition) is 3. The molecule has 1 unspecified atom stereocenters. The minimum absolute atomic E-state index is 0.218. The van der Waals surface area contributed by atoms with Gasteiger partial charge in [0.05, 0.1) is 0 Å². The van der Waals surface area contributed by atoms with Gasteiger partial charge in [-0.3, -0.25) is 19.8 Å². The molecule has 0 bridgehead atoms. The van der Waals surface area contributed by atoms with Gasteiger partial charge in [-0.25, -0.2) is 4.79 Å². The van der Waals surface area contributed by atoms with Crippen molar-refractivity contribution >= 4 is 17.8 Å². The van der Waals surface area contributed by atoms with Crippen LogP contribution in [0.4, 0.5) is 4.79 Å². The van der Waals surface area contributed by atoms with Crippen LogP contribution in [0.15, 0.2) is 0 Å². The fourth-order valence-electron chi connectivity index (χ4n) is 1.48. The van der Waals surface area contributed by atoms with Crippen LogP contribution in [0.1, 0.15) is 27.2 Å². The van der Waals surface area contributed by atoms with Crippen molar-refractivity contribution in [3.05, 3.63) is 0 Å². The van der Waals surface area contributed by atoms with E-state index in [2.05, 4.69) is 5.32 Å². The highest BCUT2D eigenvalue weighted by atomic mass is 16.2. The molecule has 14 heavy (non-hydrogen) atoms. The van der Waals surface area contributed by atoms with Gasteiger partial charge in [-0.05, 0) is 20.3 Å². The van der Waals surface area contributed by atoms with Gasteiger partial charge in [0.1, 0.15) is 5.92 Å². The van der Waals surface area contributed by atoms with Crippen LogP contribution in [0.3, 0.4) is 0 Å². The van der Waals surface area contributed by atoms with Crippen LogP contribution < -0.4 is 5.32 Å². The van der Waals surface area contributed by atoms with Crippen LogP contribution >= 0.6 is 0 Å². The van der Waals surface area contributed by atoms with Crippen molar-refractivity contribution in [2.75, 3.05) is 0 Å². The molecule has 5 nitrogen and oxygen atoms in total. The number of barbiturate groups is 1. The van der Waals surface area contributed by atoms with Gasteiger partial charge in [-0.1, -0.05) is 6.92 Å². The summed E-state index contributed by atoms with van der Waals surface area (Å²) < 4.78 is 0. The van der Waals surface area contributed by atoms with Crippen molar-refractivity contribution in [2.24, 2.45) is 5.92 Å². The Morgan fingerprint density at radius 2 is 1.93 bits per heavy atom. The van der Waals surface area contributed by atoms with Crippen LogP contribution in [-0.2, 0) is 9.59 Å². The lowest BCUT2D eigenvalue weighted by Crippen LogP contribution is -2.59. The third kappa shape index (κ3) is 1.62. The van der Waals surface area contributed by atoms with Crippen molar-refractivity contribution in [1.82, 2.24) is 10.2 Å². The Kier molecular flexibility index (Phi) is 2.88. The highest BCUT2D eigenvalue weighted by Crippen LogP contribution is 2.15. The predicted octanol–water partition coefficient (Wildman–Crippen LogP) is 0.499. The zero-order valence-electron chi connectivity index (χ0n) is 8.53. The average Bonchev–Trinajstić information content (AvgIpc) is 2.02. The summed E-state index contributed by atoms with van der Waals surface area (Å²) in [5.74, 6) is -1.59. The fourth-order valence-corrected chi connectivity index (χ4v) is 1.48. The summed E-state index contributed by atoms with van der Waals surface area (Å²) in [5.41, 5.74) is 0. The number of nitrogens with zero attached hydrogens (tertiary/aromatic N) is 1. The zero-order valence-corrected chi connectivity index (χ0v) is 8.53. The quantitative estimate of drug-likeness (QED) is 0.657. The number of hydrogen-bond donors (Lipinski definition) is 1. The number of nitrogens with one attached hydrogen (secondary N) is 1. The molecular weight excluding hydrogens is 184 g/mol. The van der Waals surface area contributed by atoms with E-state index in [9.17, 15) is 14.4 Å². The first kappa shape index (κ1) is 10.7. The molecule has 1 N–H and O–H groups in total. The summed E-state index contributed by atoms with van der Waals surface area (Å²) >= 11 is 0. The van der Waals surface area contributed by atoms with Gasteiger partial charge in [0.25, 0.3) is 0 Å². The Hall–Kier alpha value is -1.39. The van der Waals surface area contributed by atoms with E-state index in [-0.39, 0.29) is 6.04 Å². The normalized spacial score (nSPS) is 23.0. The van der Waals surface area contributed by atoms with Crippen molar-refractivity contribution in [2.45, 2.75) is 33.2 Å².